The van der Waals surface area contributed by atoms with Gasteiger partial charge in [0.2, 0.25) is 0 Å². The van der Waals surface area contributed by atoms with Crippen LogP contribution in [0, 0.1) is 11.7 Å². The van der Waals surface area contributed by atoms with E-state index in [1.54, 1.807) is 17.8 Å². The second-order valence-electron chi connectivity index (χ2n) is 4.91. The third-order valence-electron chi connectivity index (χ3n) is 3.43. The van der Waals surface area contributed by atoms with Gasteiger partial charge >= 0.3 is 0 Å². The van der Waals surface area contributed by atoms with Gasteiger partial charge in [-0.15, -0.1) is 11.8 Å². The zero-order valence-electron chi connectivity index (χ0n) is 10.3. The van der Waals surface area contributed by atoms with E-state index >= 15 is 0 Å². The summed E-state index contributed by atoms with van der Waals surface area (Å²) < 4.78 is 13.8. The predicted molar refractivity (Wildman–Crippen MR) is 71.7 cm³/mol. The van der Waals surface area contributed by atoms with Gasteiger partial charge in [-0.2, -0.15) is 0 Å². The van der Waals surface area contributed by atoms with Crippen LogP contribution in [-0.2, 0) is 0 Å². The van der Waals surface area contributed by atoms with Crippen LogP contribution in [0.15, 0.2) is 23.1 Å². The molecule has 2 rings (SSSR count). The van der Waals surface area contributed by atoms with Crippen molar-refractivity contribution in [3.05, 3.63) is 29.6 Å². The molecular formula is C14H20FNS. The summed E-state index contributed by atoms with van der Waals surface area (Å²) in [6.07, 6.45) is 5.27. The van der Waals surface area contributed by atoms with Crippen LogP contribution in [0.1, 0.15) is 44.2 Å². The molecule has 0 saturated heterocycles. The lowest BCUT2D eigenvalue weighted by Crippen LogP contribution is -2.08. The minimum absolute atomic E-state index is 0.100. The molecule has 1 nitrogen and oxygen atoms in total. The molecule has 1 fully saturated rings. The second kappa shape index (κ2) is 5.87. The quantitative estimate of drug-likeness (QED) is 0.817. The molecule has 94 valence electrons. The van der Waals surface area contributed by atoms with Crippen LogP contribution < -0.4 is 5.73 Å². The molecule has 0 heterocycles. The maximum Gasteiger partial charge on any atom is 0.137 e. The fourth-order valence-electron chi connectivity index (χ4n) is 2.41. The number of nitrogens with two attached hydrogens (primary N) is 1. The van der Waals surface area contributed by atoms with Crippen LogP contribution in [0.5, 0.6) is 0 Å². The smallest absolute Gasteiger partial charge is 0.137 e. The molecule has 17 heavy (non-hydrogen) atoms. The number of halogens is 1. The van der Waals surface area contributed by atoms with E-state index in [0.717, 1.165) is 22.1 Å². The first kappa shape index (κ1) is 12.9. The Labute approximate surface area is 107 Å². The third-order valence-corrected chi connectivity index (χ3v) is 4.78. The molecule has 0 radical (unpaired) electrons. The fourth-order valence-corrected chi connectivity index (χ4v) is 3.78. The zero-order valence-corrected chi connectivity index (χ0v) is 11.1. The summed E-state index contributed by atoms with van der Waals surface area (Å²) in [6, 6.07) is 5.11. The Kier molecular flexibility index (Phi) is 4.46. The zero-order chi connectivity index (χ0) is 12.3. The Morgan fingerprint density at radius 2 is 2.12 bits per heavy atom. The van der Waals surface area contributed by atoms with Crippen molar-refractivity contribution in [3.63, 3.8) is 0 Å². The molecule has 1 aromatic carbocycles. The average molecular weight is 253 g/mol. The van der Waals surface area contributed by atoms with Gasteiger partial charge in [0.1, 0.15) is 5.82 Å². The first-order chi connectivity index (χ1) is 8.18. The van der Waals surface area contributed by atoms with Gasteiger partial charge in [-0.3, -0.25) is 0 Å². The third kappa shape index (κ3) is 3.23. The fraction of sp³-hybridized carbons (Fsp3) is 0.571. The minimum atomic E-state index is -0.122. The molecule has 0 amide bonds. The maximum atomic E-state index is 13.8. The Balaban J connectivity index is 2.07. The Morgan fingerprint density at radius 3 is 2.76 bits per heavy atom. The summed E-state index contributed by atoms with van der Waals surface area (Å²) in [5, 5.41) is 0. The standard InChI is InChI=1S/C14H20FNS/c1-10(16)12-7-4-8-13(15)14(12)17-9-11-5-2-3-6-11/h4,7-8,10-11H,2-3,5-6,9,16H2,1H3/t10-/m1/s1. The highest BCUT2D eigenvalue weighted by Crippen LogP contribution is 2.34. The summed E-state index contributed by atoms with van der Waals surface area (Å²) in [5.74, 6) is 1.67. The van der Waals surface area contributed by atoms with Crippen molar-refractivity contribution in [2.75, 3.05) is 5.75 Å². The van der Waals surface area contributed by atoms with Crippen LogP contribution in [-0.4, -0.2) is 5.75 Å². The SMILES string of the molecule is C[C@@H](N)c1cccc(F)c1SCC1CCCC1. The number of hydrogen-bond donors (Lipinski definition) is 1. The van der Waals surface area contributed by atoms with E-state index in [-0.39, 0.29) is 11.9 Å². The highest BCUT2D eigenvalue weighted by Gasteiger charge is 2.18. The molecule has 2 N–H and O–H groups in total. The van der Waals surface area contributed by atoms with E-state index in [1.165, 1.54) is 31.7 Å². The van der Waals surface area contributed by atoms with Crippen LogP contribution in [0.4, 0.5) is 4.39 Å². The van der Waals surface area contributed by atoms with Crippen LogP contribution >= 0.6 is 11.8 Å². The Morgan fingerprint density at radius 1 is 1.41 bits per heavy atom. The van der Waals surface area contributed by atoms with Gasteiger partial charge in [0.15, 0.2) is 0 Å². The van der Waals surface area contributed by atoms with E-state index in [4.69, 9.17) is 5.73 Å². The summed E-state index contributed by atoms with van der Waals surface area (Å²) in [7, 11) is 0. The summed E-state index contributed by atoms with van der Waals surface area (Å²) in [4.78, 5) is 0.759. The van der Waals surface area contributed by atoms with E-state index in [9.17, 15) is 4.39 Å². The van der Waals surface area contributed by atoms with Crippen LogP contribution in [0.3, 0.4) is 0 Å². The van der Waals surface area contributed by atoms with Crippen LogP contribution in [0.25, 0.3) is 0 Å². The van der Waals surface area contributed by atoms with Gasteiger partial charge in [0.05, 0.1) is 0 Å². The van der Waals surface area contributed by atoms with Crippen molar-refractivity contribution < 1.29 is 4.39 Å². The summed E-state index contributed by atoms with van der Waals surface area (Å²) in [6.45, 7) is 1.91. The molecular weight excluding hydrogens is 233 g/mol. The van der Waals surface area contributed by atoms with Crippen molar-refractivity contribution in [1.29, 1.82) is 0 Å². The van der Waals surface area contributed by atoms with Gasteiger partial charge < -0.3 is 5.73 Å². The molecule has 0 spiro atoms. The van der Waals surface area contributed by atoms with Crippen molar-refractivity contribution in [2.45, 2.75) is 43.5 Å². The monoisotopic (exact) mass is 253 g/mol. The van der Waals surface area contributed by atoms with E-state index in [2.05, 4.69) is 0 Å². The van der Waals surface area contributed by atoms with Gasteiger partial charge in [0.25, 0.3) is 0 Å². The predicted octanol–water partition coefficient (Wildman–Crippen LogP) is 4.13. The molecule has 1 aliphatic carbocycles. The molecule has 0 aromatic heterocycles. The van der Waals surface area contributed by atoms with Gasteiger partial charge in [-0.05, 0) is 37.3 Å². The van der Waals surface area contributed by atoms with E-state index < -0.39 is 0 Å². The second-order valence-corrected chi connectivity index (χ2v) is 5.94. The molecule has 0 bridgehead atoms. The molecule has 3 heteroatoms. The summed E-state index contributed by atoms with van der Waals surface area (Å²) >= 11 is 1.64. The molecule has 1 atom stereocenters. The van der Waals surface area contributed by atoms with Crippen LogP contribution in [0.2, 0.25) is 0 Å². The van der Waals surface area contributed by atoms with Crippen molar-refractivity contribution in [2.24, 2.45) is 11.7 Å². The lowest BCUT2D eigenvalue weighted by Gasteiger charge is -2.15. The molecule has 1 aliphatic rings. The lowest BCUT2D eigenvalue weighted by molar-refractivity contribution is 0.588. The van der Waals surface area contributed by atoms with Crippen molar-refractivity contribution >= 4 is 11.8 Å². The number of rotatable bonds is 4. The Hall–Kier alpha value is -0.540. The average Bonchev–Trinajstić information content (AvgIpc) is 2.80. The topological polar surface area (TPSA) is 26.0 Å². The number of hydrogen-bond acceptors (Lipinski definition) is 2. The van der Waals surface area contributed by atoms with E-state index in [1.807, 2.05) is 13.0 Å². The maximum absolute atomic E-state index is 13.8. The van der Waals surface area contributed by atoms with Crippen molar-refractivity contribution in [1.82, 2.24) is 0 Å². The molecule has 1 saturated carbocycles. The first-order valence-electron chi connectivity index (χ1n) is 6.35. The number of benzene rings is 1. The highest BCUT2D eigenvalue weighted by molar-refractivity contribution is 7.99. The molecule has 0 aliphatic heterocycles. The van der Waals surface area contributed by atoms with Gasteiger partial charge in [-0.25, -0.2) is 4.39 Å². The first-order valence-corrected chi connectivity index (χ1v) is 7.34. The lowest BCUT2D eigenvalue weighted by atomic mass is 10.1. The molecule has 1 aromatic rings. The number of thioether (sulfide) groups is 1. The minimum Gasteiger partial charge on any atom is -0.324 e. The largest absolute Gasteiger partial charge is 0.324 e. The van der Waals surface area contributed by atoms with Gasteiger partial charge in [0, 0.05) is 16.7 Å². The summed E-state index contributed by atoms with van der Waals surface area (Å²) in [5.41, 5.74) is 6.83. The highest BCUT2D eigenvalue weighted by atomic mass is 32.2. The Bertz CT molecular complexity index is 372. The van der Waals surface area contributed by atoms with Gasteiger partial charge in [-0.1, -0.05) is 25.0 Å². The van der Waals surface area contributed by atoms with Crippen molar-refractivity contribution in [3.8, 4) is 0 Å². The normalized spacial score (nSPS) is 18.5. The molecule has 0 unspecified atom stereocenters. The van der Waals surface area contributed by atoms with E-state index in [0.29, 0.717) is 0 Å².